The highest BCUT2D eigenvalue weighted by Gasteiger charge is 2.28. The first kappa shape index (κ1) is 15.4. The van der Waals surface area contributed by atoms with E-state index in [0.29, 0.717) is 5.82 Å². The first-order valence-corrected chi connectivity index (χ1v) is 8.30. The van der Waals surface area contributed by atoms with Gasteiger partial charge >= 0.3 is 0 Å². The number of hydrogen-bond acceptors (Lipinski definition) is 5. The van der Waals surface area contributed by atoms with E-state index in [4.69, 9.17) is 22.2 Å². The molecule has 0 bridgehead atoms. The fraction of sp³-hybridized carbons (Fsp3) is 0.294. The second-order valence-corrected chi connectivity index (χ2v) is 6.38. The number of hydrogen-bond donors (Lipinski definition) is 2. The first-order valence-electron chi connectivity index (χ1n) is 7.92. The topological polar surface area (TPSA) is 78.0 Å². The number of nitrogens with two attached hydrogens (primary N) is 1. The van der Waals surface area contributed by atoms with E-state index in [1.807, 2.05) is 24.4 Å². The summed E-state index contributed by atoms with van der Waals surface area (Å²) in [6.07, 6.45) is 6.53. The minimum Gasteiger partial charge on any atom is -0.354 e. The van der Waals surface area contributed by atoms with Crippen LogP contribution in [0.15, 0.2) is 42.9 Å². The second kappa shape index (κ2) is 6.39. The third-order valence-electron chi connectivity index (χ3n) is 4.42. The van der Waals surface area contributed by atoms with Crippen molar-refractivity contribution in [2.75, 3.05) is 5.43 Å². The number of nitrogens with zero attached hydrogens (tertiary/aromatic N) is 3. The van der Waals surface area contributed by atoms with Crippen LogP contribution in [0.2, 0.25) is 5.02 Å². The van der Waals surface area contributed by atoms with Crippen LogP contribution in [-0.4, -0.2) is 20.6 Å². The normalized spacial score (nSPS) is 20.6. The maximum atomic E-state index is 6.24. The Morgan fingerprint density at radius 1 is 1.21 bits per heavy atom. The summed E-state index contributed by atoms with van der Waals surface area (Å²) in [6.45, 7) is 0. The van der Waals surface area contributed by atoms with Crippen molar-refractivity contribution >= 4 is 28.5 Å². The molecule has 4 rings (SSSR count). The number of nitrogens with one attached hydrogen (secondary N) is 1. The van der Waals surface area contributed by atoms with Crippen molar-refractivity contribution in [1.29, 1.82) is 0 Å². The van der Waals surface area contributed by atoms with Crippen LogP contribution < -0.4 is 11.3 Å². The van der Waals surface area contributed by atoms with E-state index in [9.17, 15) is 0 Å². The highest BCUT2D eigenvalue weighted by Crippen LogP contribution is 2.33. The van der Waals surface area contributed by atoms with Crippen molar-refractivity contribution in [3.05, 3.63) is 53.4 Å². The van der Waals surface area contributed by atoms with Crippen LogP contribution in [0.5, 0.6) is 0 Å². The molecule has 7 heteroatoms. The molecule has 0 saturated carbocycles. The molecule has 3 N–H and O–H groups in total. The summed E-state index contributed by atoms with van der Waals surface area (Å²) in [5.41, 5.74) is 4.67. The number of anilines is 1. The quantitative estimate of drug-likeness (QED) is 0.561. The molecule has 1 aliphatic heterocycles. The smallest absolute Gasteiger partial charge is 0.152 e. The van der Waals surface area contributed by atoms with Crippen molar-refractivity contribution < 1.29 is 4.74 Å². The zero-order valence-electron chi connectivity index (χ0n) is 13.0. The van der Waals surface area contributed by atoms with E-state index >= 15 is 0 Å². The minimum atomic E-state index is -0.0136. The Balaban J connectivity index is 1.51. The van der Waals surface area contributed by atoms with Crippen molar-refractivity contribution in [2.24, 2.45) is 5.84 Å². The molecular weight excluding hydrogens is 326 g/mol. The Labute approximate surface area is 144 Å². The number of ether oxygens (including phenoxy) is 1. The molecule has 0 radical (unpaired) electrons. The van der Waals surface area contributed by atoms with Gasteiger partial charge < -0.3 is 14.7 Å². The zero-order valence-corrected chi connectivity index (χ0v) is 13.8. The molecular formula is C17H18ClN5O. The molecule has 124 valence electrons. The minimum absolute atomic E-state index is 0.0136. The van der Waals surface area contributed by atoms with Gasteiger partial charge in [0.15, 0.2) is 5.82 Å². The Bertz CT molecular complexity index is 848. The molecule has 1 aliphatic rings. The first-order chi connectivity index (χ1) is 11.7. The number of rotatable bonds is 4. The molecule has 2 unspecified atom stereocenters. The number of benzene rings is 1. The number of aromatic nitrogens is 3. The summed E-state index contributed by atoms with van der Waals surface area (Å²) in [7, 11) is 0. The van der Waals surface area contributed by atoms with Gasteiger partial charge in [0.1, 0.15) is 18.2 Å². The van der Waals surface area contributed by atoms with Gasteiger partial charge in [0, 0.05) is 11.2 Å². The lowest BCUT2D eigenvalue weighted by Gasteiger charge is -2.16. The third-order valence-corrected chi connectivity index (χ3v) is 4.67. The van der Waals surface area contributed by atoms with E-state index in [2.05, 4.69) is 32.1 Å². The van der Waals surface area contributed by atoms with Gasteiger partial charge in [-0.2, -0.15) is 0 Å². The van der Waals surface area contributed by atoms with Crippen LogP contribution in [0.25, 0.3) is 11.0 Å². The van der Waals surface area contributed by atoms with Gasteiger partial charge in [-0.1, -0.05) is 23.7 Å². The predicted octanol–water partition coefficient (Wildman–Crippen LogP) is 3.29. The molecule has 0 spiro atoms. The standard InChI is InChI=1S/C17H18ClN5O/c18-12-3-1-11(2-4-12)9-13-5-6-15(24-13)23-8-7-14-16(22-19)20-10-21-17(14)23/h1-4,7-8,10,13,15H,5-6,9,19H2,(H,20,21,22). The van der Waals surface area contributed by atoms with E-state index in [1.54, 1.807) is 0 Å². The van der Waals surface area contributed by atoms with Crippen LogP contribution >= 0.6 is 11.6 Å². The highest BCUT2D eigenvalue weighted by atomic mass is 35.5. The van der Waals surface area contributed by atoms with Crippen LogP contribution in [0.4, 0.5) is 5.82 Å². The van der Waals surface area contributed by atoms with Crippen molar-refractivity contribution in [2.45, 2.75) is 31.6 Å². The van der Waals surface area contributed by atoms with Crippen LogP contribution in [0.3, 0.4) is 0 Å². The summed E-state index contributed by atoms with van der Waals surface area (Å²) in [4.78, 5) is 8.51. The lowest BCUT2D eigenvalue weighted by atomic mass is 10.1. The predicted molar refractivity (Wildman–Crippen MR) is 93.6 cm³/mol. The van der Waals surface area contributed by atoms with Crippen molar-refractivity contribution in [1.82, 2.24) is 14.5 Å². The fourth-order valence-electron chi connectivity index (χ4n) is 3.24. The molecule has 6 nitrogen and oxygen atoms in total. The molecule has 2 atom stereocenters. The average Bonchev–Trinajstić information content (AvgIpc) is 3.23. The molecule has 2 aromatic heterocycles. The lowest BCUT2D eigenvalue weighted by Crippen LogP contribution is -2.14. The molecule has 3 heterocycles. The van der Waals surface area contributed by atoms with Gasteiger partial charge in [-0.3, -0.25) is 0 Å². The fourth-order valence-corrected chi connectivity index (χ4v) is 3.37. The van der Waals surface area contributed by atoms with Crippen LogP contribution in [-0.2, 0) is 11.2 Å². The summed E-state index contributed by atoms with van der Waals surface area (Å²) >= 11 is 5.94. The maximum absolute atomic E-state index is 6.24. The Hall–Kier alpha value is -2.15. The van der Waals surface area contributed by atoms with Gasteiger partial charge in [0.2, 0.25) is 0 Å². The molecule has 0 aliphatic carbocycles. The van der Waals surface area contributed by atoms with Crippen molar-refractivity contribution in [3.8, 4) is 0 Å². The number of halogens is 1. The number of fused-ring (bicyclic) bond motifs is 1. The largest absolute Gasteiger partial charge is 0.354 e. The summed E-state index contributed by atoms with van der Waals surface area (Å²) in [5, 5.41) is 1.65. The van der Waals surface area contributed by atoms with Crippen LogP contribution in [0, 0.1) is 0 Å². The Kier molecular flexibility index (Phi) is 4.10. The summed E-state index contributed by atoms with van der Waals surface area (Å²) < 4.78 is 8.29. The Morgan fingerprint density at radius 3 is 2.83 bits per heavy atom. The SMILES string of the molecule is NNc1ncnc2c1ccn2C1CCC(Cc2ccc(Cl)cc2)O1. The molecule has 1 fully saturated rings. The van der Waals surface area contributed by atoms with Crippen LogP contribution in [0.1, 0.15) is 24.6 Å². The second-order valence-electron chi connectivity index (χ2n) is 5.95. The van der Waals surface area contributed by atoms with E-state index in [-0.39, 0.29) is 12.3 Å². The Morgan fingerprint density at radius 2 is 2.04 bits per heavy atom. The van der Waals surface area contributed by atoms with E-state index in [1.165, 1.54) is 11.9 Å². The van der Waals surface area contributed by atoms with Crippen molar-refractivity contribution in [3.63, 3.8) is 0 Å². The van der Waals surface area contributed by atoms with Gasteiger partial charge in [-0.25, -0.2) is 15.8 Å². The third kappa shape index (κ3) is 2.84. The number of nitrogen functional groups attached to an aromatic ring is 1. The van der Waals surface area contributed by atoms with Gasteiger partial charge in [-0.15, -0.1) is 0 Å². The van der Waals surface area contributed by atoms with E-state index in [0.717, 1.165) is 35.3 Å². The van der Waals surface area contributed by atoms with Gasteiger partial charge in [-0.05, 0) is 43.0 Å². The van der Waals surface area contributed by atoms with Gasteiger partial charge in [0.05, 0.1) is 11.5 Å². The van der Waals surface area contributed by atoms with E-state index < -0.39 is 0 Å². The summed E-state index contributed by atoms with van der Waals surface area (Å²) in [5.74, 6) is 6.13. The molecule has 0 amide bonds. The number of hydrazine groups is 1. The van der Waals surface area contributed by atoms with Gasteiger partial charge in [0.25, 0.3) is 0 Å². The molecule has 3 aromatic rings. The highest BCUT2D eigenvalue weighted by molar-refractivity contribution is 6.30. The zero-order chi connectivity index (χ0) is 16.5. The maximum Gasteiger partial charge on any atom is 0.152 e. The molecule has 24 heavy (non-hydrogen) atoms. The molecule has 1 saturated heterocycles. The monoisotopic (exact) mass is 343 g/mol. The lowest BCUT2D eigenvalue weighted by molar-refractivity contribution is 0.00506. The average molecular weight is 344 g/mol. The summed E-state index contributed by atoms with van der Waals surface area (Å²) in [6, 6.07) is 9.90. The molecule has 1 aromatic carbocycles.